The van der Waals surface area contributed by atoms with Crippen LogP contribution in [0.2, 0.25) is 10.0 Å². The van der Waals surface area contributed by atoms with Crippen molar-refractivity contribution in [3.8, 4) is 5.75 Å². The number of hydrogen-bond donors (Lipinski definition) is 1. The van der Waals surface area contributed by atoms with Gasteiger partial charge in [0, 0.05) is 23.1 Å². The number of hydrogen-bond acceptors (Lipinski definition) is 3. The van der Waals surface area contributed by atoms with E-state index in [-0.39, 0.29) is 19.1 Å². The number of amides is 1. The maximum absolute atomic E-state index is 12.1. The summed E-state index contributed by atoms with van der Waals surface area (Å²) in [5.74, 6) is -1.19. The summed E-state index contributed by atoms with van der Waals surface area (Å²) in [5, 5.41) is 9.86. The van der Waals surface area contributed by atoms with Gasteiger partial charge in [-0.3, -0.25) is 9.59 Å². The Morgan fingerprint density at radius 2 is 1.95 bits per heavy atom. The van der Waals surface area contributed by atoms with Crippen molar-refractivity contribution in [1.82, 2.24) is 4.90 Å². The third kappa shape index (κ3) is 4.51. The number of carboxylic acids is 1. The van der Waals surface area contributed by atoms with Crippen LogP contribution in [0.25, 0.3) is 0 Å². The SMILES string of the molecule is O=C(O)[C@H]1CCCN(C(=O)COc2cc(Cl)cc(Cl)c2)C1. The van der Waals surface area contributed by atoms with E-state index in [0.717, 1.165) is 0 Å². The molecule has 1 saturated heterocycles. The molecule has 7 heteroatoms. The van der Waals surface area contributed by atoms with E-state index in [0.29, 0.717) is 35.2 Å². The minimum absolute atomic E-state index is 0.164. The van der Waals surface area contributed by atoms with Crippen molar-refractivity contribution in [1.29, 1.82) is 0 Å². The second kappa shape index (κ2) is 7.00. The molecule has 5 nitrogen and oxygen atoms in total. The smallest absolute Gasteiger partial charge is 0.308 e. The number of carbonyl (C=O) groups excluding carboxylic acids is 1. The highest BCUT2D eigenvalue weighted by atomic mass is 35.5. The maximum atomic E-state index is 12.1. The molecule has 1 aliphatic heterocycles. The van der Waals surface area contributed by atoms with Gasteiger partial charge >= 0.3 is 5.97 Å². The number of nitrogens with zero attached hydrogens (tertiary/aromatic N) is 1. The van der Waals surface area contributed by atoms with Crippen molar-refractivity contribution in [3.05, 3.63) is 28.2 Å². The lowest BCUT2D eigenvalue weighted by atomic mass is 9.98. The second-order valence-electron chi connectivity index (χ2n) is 4.91. The van der Waals surface area contributed by atoms with Crippen LogP contribution in [0, 0.1) is 5.92 Å². The summed E-state index contributed by atoms with van der Waals surface area (Å²) in [4.78, 5) is 24.6. The molecule has 1 aromatic carbocycles. The van der Waals surface area contributed by atoms with Crippen LogP contribution in [0.4, 0.5) is 0 Å². The molecule has 1 heterocycles. The summed E-state index contributed by atoms with van der Waals surface area (Å²) in [6, 6.07) is 4.70. The average molecular weight is 332 g/mol. The summed E-state index contributed by atoms with van der Waals surface area (Å²) >= 11 is 11.7. The zero-order valence-electron chi connectivity index (χ0n) is 11.2. The molecule has 1 N–H and O–H groups in total. The zero-order chi connectivity index (χ0) is 15.4. The van der Waals surface area contributed by atoms with Crippen LogP contribution in [0.15, 0.2) is 18.2 Å². The van der Waals surface area contributed by atoms with Gasteiger partial charge in [0.1, 0.15) is 5.75 Å². The quantitative estimate of drug-likeness (QED) is 0.921. The van der Waals surface area contributed by atoms with E-state index in [9.17, 15) is 9.59 Å². The third-order valence-corrected chi connectivity index (χ3v) is 3.76. The summed E-state index contributed by atoms with van der Waals surface area (Å²) in [5.41, 5.74) is 0. The number of ether oxygens (including phenoxy) is 1. The van der Waals surface area contributed by atoms with Gasteiger partial charge in [0.05, 0.1) is 5.92 Å². The zero-order valence-corrected chi connectivity index (χ0v) is 12.7. The monoisotopic (exact) mass is 331 g/mol. The Labute approximate surface area is 132 Å². The van der Waals surface area contributed by atoms with E-state index in [4.69, 9.17) is 33.0 Å². The van der Waals surface area contributed by atoms with Gasteiger partial charge in [0.25, 0.3) is 5.91 Å². The van der Waals surface area contributed by atoms with Crippen LogP contribution >= 0.6 is 23.2 Å². The lowest BCUT2D eigenvalue weighted by Gasteiger charge is -2.30. The lowest BCUT2D eigenvalue weighted by Crippen LogP contribution is -2.44. The summed E-state index contributed by atoms with van der Waals surface area (Å²) in [6.07, 6.45) is 1.29. The fourth-order valence-corrected chi connectivity index (χ4v) is 2.76. The molecular weight excluding hydrogens is 317 g/mol. The van der Waals surface area contributed by atoms with Crippen LogP contribution in [0.5, 0.6) is 5.75 Å². The molecule has 0 radical (unpaired) electrons. The number of aliphatic carboxylic acids is 1. The molecule has 0 bridgehead atoms. The second-order valence-corrected chi connectivity index (χ2v) is 5.78. The van der Waals surface area contributed by atoms with E-state index in [1.807, 2.05) is 0 Å². The summed E-state index contributed by atoms with van der Waals surface area (Å²) in [7, 11) is 0. The number of rotatable bonds is 4. The van der Waals surface area contributed by atoms with Crippen LogP contribution in [0.1, 0.15) is 12.8 Å². The van der Waals surface area contributed by atoms with E-state index < -0.39 is 11.9 Å². The molecule has 1 fully saturated rings. The van der Waals surface area contributed by atoms with Crippen LogP contribution in [-0.2, 0) is 9.59 Å². The van der Waals surface area contributed by atoms with Crippen molar-refractivity contribution in [2.45, 2.75) is 12.8 Å². The Morgan fingerprint density at radius 1 is 1.29 bits per heavy atom. The Hall–Kier alpha value is -1.46. The van der Waals surface area contributed by atoms with Gasteiger partial charge in [-0.05, 0) is 31.0 Å². The van der Waals surface area contributed by atoms with Crippen LogP contribution in [-0.4, -0.2) is 41.6 Å². The van der Waals surface area contributed by atoms with E-state index in [1.165, 1.54) is 4.90 Å². The largest absolute Gasteiger partial charge is 0.484 e. The minimum atomic E-state index is -0.866. The fraction of sp³-hybridized carbons (Fsp3) is 0.429. The van der Waals surface area contributed by atoms with Gasteiger partial charge in [-0.1, -0.05) is 23.2 Å². The molecule has 0 aromatic heterocycles. The molecule has 0 aliphatic carbocycles. The van der Waals surface area contributed by atoms with Crippen molar-refractivity contribution in [3.63, 3.8) is 0 Å². The van der Waals surface area contributed by atoms with Gasteiger partial charge in [-0.15, -0.1) is 0 Å². The molecule has 1 amide bonds. The molecule has 1 atom stereocenters. The first-order chi connectivity index (χ1) is 9.95. The number of piperidine rings is 1. The van der Waals surface area contributed by atoms with E-state index in [2.05, 4.69) is 0 Å². The van der Waals surface area contributed by atoms with Crippen molar-refractivity contribution < 1.29 is 19.4 Å². The van der Waals surface area contributed by atoms with E-state index in [1.54, 1.807) is 18.2 Å². The van der Waals surface area contributed by atoms with Crippen LogP contribution in [0.3, 0.4) is 0 Å². The number of likely N-dealkylation sites (tertiary alicyclic amines) is 1. The number of halogens is 2. The molecule has 1 aliphatic rings. The highest BCUT2D eigenvalue weighted by Gasteiger charge is 2.28. The maximum Gasteiger partial charge on any atom is 0.308 e. The Kier molecular flexibility index (Phi) is 5.31. The highest BCUT2D eigenvalue weighted by Crippen LogP contribution is 2.24. The highest BCUT2D eigenvalue weighted by molar-refractivity contribution is 6.34. The fourth-order valence-electron chi connectivity index (χ4n) is 2.25. The first kappa shape index (κ1) is 15.9. The number of carbonyl (C=O) groups is 2. The lowest BCUT2D eigenvalue weighted by molar-refractivity contribution is -0.146. The predicted molar refractivity (Wildman–Crippen MR) is 78.9 cm³/mol. The van der Waals surface area contributed by atoms with Gasteiger partial charge in [0.2, 0.25) is 0 Å². The first-order valence-electron chi connectivity index (χ1n) is 6.55. The Morgan fingerprint density at radius 3 is 2.57 bits per heavy atom. The Balaban J connectivity index is 1.90. The molecular formula is C14H15Cl2NO4. The third-order valence-electron chi connectivity index (χ3n) is 3.32. The van der Waals surface area contributed by atoms with Gasteiger partial charge in [0.15, 0.2) is 6.61 Å². The van der Waals surface area contributed by atoms with E-state index >= 15 is 0 Å². The number of benzene rings is 1. The van der Waals surface area contributed by atoms with Crippen molar-refractivity contribution >= 4 is 35.1 Å². The molecule has 2 rings (SSSR count). The van der Waals surface area contributed by atoms with Crippen LogP contribution < -0.4 is 4.74 Å². The van der Waals surface area contributed by atoms with Crippen molar-refractivity contribution in [2.75, 3.05) is 19.7 Å². The first-order valence-corrected chi connectivity index (χ1v) is 7.31. The summed E-state index contributed by atoms with van der Waals surface area (Å²) < 4.78 is 5.37. The minimum Gasteiger partial charge on any atom is -0.484 e. The number of carboxylic acid groups (broad SMARTS) is 1. The van der Waals surface area contributed by atoms with Gasteiger partial charge < -0.3 is 14.7 Å². The van der Waals surface area contributed by atoms with Gasteiger partial charge in [-0.2, -0.15) is 0 Å². The molecule has 0 saturated carbocycles. The molecule has 21 heavy (non-hydrogen) atoms. The topological polar surface area (TPSA) is 66.8 Å². The molecule has 0 unspecified atom stereocenters. The molecule has 0 spiro atoms. The predicted octanol–water partition coefficient (Wildman–Crippen LogP) is 2.70. The molecule has 114 valence electrons. The molecule has 1 aromatic rings. The van der Waals surface area contributed by atoms with Crippen molar-refractivity contribution in [2.24, 2.45) is 5.92 Å². The normalized spacial score (nSPS) is 18.4. The standard InChI is InChI=1S/C14H15Cl2NO4/c15-10-4-11(16)6-12(5-10)21-8-13(18)17-3-1-2-9(7-17)14(19)20/h4-6,9H,1-3,7-8H2,(H,19,20)/t9-/m0/s1. The average Bonchev–Trinajstić information content (AvgIpc) is 2.44. The Bertz CT molecular complexity index is 530. The summed E-state index contributed by atoms with van der Waals surface area (Å²) in [6.45, 7) is 0.624. The van der Waals surface area contributed by atoms with Gasteiger partial charge in [-0.25, -0.2) is 0 Å².